The summed E-state index contributed by atoms with van der Waals surface area (Å²) >= 11 is 0.816. The number of nitro groups is 1. The first-order valence-corrected chi connectivity index (χ1v) is 12.4. The molecule has 2 saturated heterocycles. The molecule has 14 heteroatoms. The van der Waals surface area contributed by atoms with Crippen molar-refractivity contribution in [2.24, 2.45) is 0 Å². The van der Waals surface area contributed by atoms with Crippen molar-refractivity contribution in [3.8, 4) is 6.07 Å². The van der Waals surface area contributed by atoms with Crippen molar-refractivity contribution in [2.75, 3.05) is 49.1 Å². The number of rotatable bonds is 7. The summed E-state index contributed by atoms with van der Waals surface area (Å²) in [5, 5.41) is 22.8. The Morgan fingerprint density at radius 2 is 2.03 bits per heavy atom. The van der Waals surface area contributed by atoms with E-state index in [1.807, 2.05) is 6.07 Å². The van der Waals surface area contributed by atoms with Crippen LogP contribution in [-0.2, 0) is 14.3 Å². The van der Waals surface area contributed by atoms with Crippen molar-refractivity contribution in [2.45, 2.75) is 13.0 Å². The second-order valence-corrected chi connectivity index (χ2v) is 9.63. The largest absolute Gasteiger partial charge is 0.442 e. The number of halogens is 1. The van der Waals surface area contributed by atoms with E-state index >= 15 is 4.39 Å². The summed E-state index contributed by atoms with van der Waals surface area (Å²) in [5.74, 6) is -1.19. The number of ether oxygens (including phenoxy) is 1. The summed E-state index contributed by atoms with van der Waals surface area (Å²) in [5.41, 5.74) is 0.692. The van der Waals surface area contributed by atoms with E-state index < -0.39 is 28.8 Å². The predicted molar refractivity (Wildman–Crippen MR) is 136 cm³/mol. The van der Waals surface area contributed by atoms with E-state index in [0.717, 1.165) is 17.4 Å². The van der Waals surface area contributed by atoms with Gasteiger partial charge in [-0.2, -0.15) is 5.26 Å². The van der Waals surface area contributed by atoms with Crippen LogP contribution >= 0.6 is 11.3 Å². The zero-order valence-electron chi connectivity index (χ0n) is 20.3. The minimum atomic E-state index is -0.624. The van der Waals surface area contributed by atoms with Gasteiger partial charge < -0.3 is 19.9 Å². The lowest BCUT2D eigenvalue weighted by molar-refractivity contribution is -0.380. The average molecular weight is 543 g/mol. The van der Waals surface area contributed by atoms with E-state index in [9.17, 15) is 29.8 Å². The van der Waals surface area contributed by atoms with E-state index in [1.54, 1.807) is 17.0 Å². The van der Waals surface area contributed by atoms with Gasteiger partial charge in [-0.25, -0.2) is 9.18 Å². The van der Waals surface area contributed by atoms with Gasteiger partial charge in [-0.15, -0.1) is 0 Å². The number of allylic oxidation sites excluding steroid dienone is 1. The van der Waals surface area contributed by atoms with Crippen molar-refractivity contribution < 1.29 is 28.4 Å². The molecule has 2 fully saturated rings. The van der Waals surface area contributed by atoms with Crippen molar-refractivity contribution in [1.82, 2.24) is 10.2 Å². The van der Waals surface area contributed by atoms with Crippen LogP contribution in [0.15, 0.2) is 36.4 Å². The number of nitrogens with one attached hydrogen (secondary N) is 1. The Balaban J connectivity index is 1.37. The predicted octanol–water partition coefficient (Wildman–Crippen LogP) is 2.51. The summed E-state index contributed by atoms with van der Waals surface area (Å²) in [4.78, 5) is 51.3. The van der Waals surface area contributed by atoms with Crippen LogP contribution in [0.4, 0.5) is 25.6 Å². The highest BCUT2D eigenvalue weighted by molar-refractivity contribution is 7.16. The number of carbonyl (C=O) groups is 3. The Bertz CT molecular complexity index is 1350. The topological polar surface area (TPSA) is 149 Å². The fraction of sp³-hybridized carbons (Fsp3) is 0.333. The molecular weight excluding hydrogens is 519 g/mol. The van der Waals surface area contributed by atoms with Crippen molar-refractivity contribution >= 4 is 51.2 Å². The maximum atomic E-state index is 15.0. The molecular formula is C24H23FN6O6S. The van der Waals surface area contributed by atoms with Crippen LogP contribution in [0.1, 0.15) is 11.8 Å². The molecule has 1 aromatic heterocycles. The summed E-state index contributed by atoms with van der Waals surface area (Å²) in [7, 11) is 0. The van der Waals surface area contributed by atoms with E-state index in [0.29, 0.717) is 29.3 Å². The molecule has 0 saturated carbocycles. The maximum Gasteiger partial charge on any atom is 0.414 e. The normalized spacial score (nSPS) is 17.7. The minimum Gasteiger partial charge on any atom is -0.442 e. The van der Waals surface area contributed by atoms with Gasteiger partial charge in [0.05, 0.1) is 39.8 Å². The molecule has 0 spiro atoms. The smallest absolute Gasteiger partial charge is 0.414 e. The number of hydrogen-bond donors (Lipinski definition) is 1. The Morgan fingerprint density at radius 3 is 2.63 bits per heavy atom. The van der Waals surface area contributed by atoms with Crippen LogP contribution in [0.5, 0.6) is 0 Å². The molecule has 0 bridgehead atoms. The third-order valence-corrected chi connectivity index (χ3v) is 7.12. The monoisotopic (exact) mass is 542 g/mol. The first kappa shape index (κ1) is 26.6. The molecule has 12 nitrogen and oxygen atoms in total. The second-order valence-electron chi connectivity index (χ2n) is 8.57. The van der Waals surface area contributed by atoms with E-state index in [2.05, 4.69) is 5.32 Å². The maximum absolute atomic E-state index is 15.0. The SMILES string of the molecule is CC(=O)NC[C@H]1CN(c2ccc(N3CCN(C(=O)/C=C(\C#N)c4ccc([N+](=O)[O-])s4)CC3)c(F)c2)C(=O)O1. The molecule has 4 rings (SSSR count). The standard InChI is InChI=1S/C24H23FN6O6S/c1-15(32)27-13-18-14-30(24(34)37-18)17-2-3-20(19(25)11-17)28-6-8-29(9-7-28)22(33)10-16(12-26)21-4-5-23(38-21)31(35)36/h2-5,10-11,18H,6-9,13-14H2,1H3,(H,27,32)/b16-10+/t18-/m0/s1. The van der Waals surface area contributed by atoms with Gasteiger partial charge in [-0.3, -0.25) is 24.6 Å². The minimum absolute atomic E-state index is 0.0388. The molecule has 0 aliphatic carbocycles. The summed E-state index contributed by atoms with van der Waals surface area (Å²) in [6.07, 6.45) is 0.00132. The fourth-order valence-corrected chi connectivity index (χ4v) is 4.91. The zero-order chi connectivity index (χ0) is 27.4. The molecule has 198 valence electrons. The van der Waals surface area contributed by atoms with E-state index in [-0.39, 0.29) is 42.7 Å². The first-order valence-electron chi connectivity index (χ1n) is 11.6. The molecule has 2 aromatic rings. The fourth-order valence-electron chi connectivity index (χ4n) is 4.13. The Hall–Kier alpha value is -4.51. The molecule has 3 heterocycles. The van der Waals surface area contributed by atoms with Gasteiger partial charge >= 0.3 is 11.1 Å². The number of cyclic esters (lactones) is 1. The van der Waals surface area contributed by atoms with Gasteiger partial charge in [0.15, 0.2) is 0 Å². The lowest BCUT2D eigenvalue weighted by Crippen LogP contribution is -2.48. The van der Waals surface area contributed by atoms with E-state index in [1.165, 1.54) is 34.9 Å². The number of thiophene rings is 1. The van der Waals surface area contributed by atoms with E-state index in [4.69, 9.17) is 4.74 Å². The number of carbonyl (C=O) groups excluding carboxylic acids is 3. The molecule has 1 N–H and O–H groups in total. The van der Waals surface area contributed by atoms with Crippen LogP contribution in [0, 0.1) is 27.3 Å². The van der Waals surface area contributed by atoms with Gasteiger partial charge in [0.2, 0.25) is 11.8 Å². The summed E-state index contributed by atoms with van der Waals surface area (Å²) in [6.45, 7) is 2.94. The molecule has 0 unspecified atom stereocenters. The quantitative estimate of drug-likeness (QED) is 0.243. The van der Waals surface area contributed by atoms with Crippen LogP contribution in [-0.4, -0.2) is 73.1 Å². The molecule has 0 radical (unpaired) electrons. The van der Waals surface area contributed by atoms with Crippen LogP contribution in [0.25, 0.3) is 5.57 Å². The lowest BCUT2D eigenvalue weighted by Gasteiger charge is -2.36. The number of nitrogens with zero attached hydrogens (tertiary/aromatic N) is 5. The molecule has 38 heavy (non-hydrogen) atoms. The Labute approximate surface area is 220 Å². The molecule has 2 aliphatic rings. The summed E-state index contributed by atoms with van der Waals surface area (Å²) in [6, 6.07) is 9.05. The number of hydrogen-bond acceptors (Lipinski definition) is 9. The van der Waals surface area contributed by atoms with Gasteiger partial charge in [-0.05, 0) is 24.3 Å². The highest BCUT2D eigenvalue weighted by Crippen LogP contribution is 2.30. The van der Waals surface area contributed by atoms with Gasteiger partial charge in [0, 0.05) is 45.2 Å². The summed E-state index contributed by atoms with van der Waals surface area (Å²) < 4.78 is 20.3. The highest BCUT2D eigenvalue weighted by atomic mass is 32.1. The third-order valence-electron chi connectivity index (χ3n) is 6.05. The number of piperazine rings is 1. The third kappa shape index (κ3) is 5.89. The zero-order valence-corrected chi connectivity index (χ0v) is 21.1. The molecule has 1 atom stereocenters. The first-order chi connectivity index (χ1) is 18.2. The van der Waals surface area contributed by atoms with Crippen molar-refractivity contribution in [3.63, 3.8) is 0 Å². The number of nitriles is 1. The Morgan fingerprint density at radius 1 is 1.29 bits per heavy atom. The van der Waals surface area contributed by atoms with Crippen LogP contribution in [0.2, 0.25) is 0 Å². The number of anilines is 2. The second kappa shape index (κ2) is 11.3. The number of amides is 3. The van der Waals surface area contributed by atoms with Crippen LogP contribution < -0.4 is 15.1 Å². The molecule has 2 aliphatic heterocycles. The van der Waals surface area contributed by atoms with Crippen LogP contribution in [0.3, 0.4) is 0 Å². The van der Waals surface area contributed by atoms with Crippen molar-refractivity contribution in [1.29, 1.82) is 5.26 Å². The van der Waals surface area contributed by atoms with Gasteiger partial charge in [0.1, 0.15) is 18.0 Å². The van der Waals surface area contributed by atoms with Gasteiger partial charge in [-0.1, -0.05) is 11.3 Å². The number of benzene rings is 1. The average Bonchev–Trinajstić information content (AvgIpc) is 3.53. The highest BCUT2D eigenvalue weighted by Gasteiger charge is 2.33. The molecule has 1 aromatic carbocycles. The van der Waals surface area contributed by atoms with Crippen molar-refractivity contribution in [3.05, 3.63) is 57.2 Å². The lowest BCUT2D eigenvalue weighted by atomic mass is 10.2. The van der Waals surface area contributed by atoms with Gasteiger partial charge in [0.25, 0.3) is 0 Å². The molecule has 3 amide bonds. The Kier molecular flexibility index (Phi) is 7.87.